The van der Waals surface area contributed by atoms with E-state index in [4.69, 9.17) is 4.74 Å². The number of nitrogens with one attached hydrogen (secondary N) is 1. The van der Waals surface area contributed by atoms with E-state index in [1.165, 1.54) is 31.2 Å². The Morgan fingerprint density at radius 1 is 1.08 bits per heavy atom. The summed E-state index contributed by atoms with van der Waals surface area (Å²) in [6.07, 6.45) is -4.05. The van der Waals surface area contributed by atoms with Crippen LogP contribution in [0.3, 0.4) is 0 Å². The number of aryl methyl sites for hydroxylation is 1. The molecule has 2 aliphatic rings. The molecule has 2 aliphatic heterocycles. The fraction of sp³-hybridized carbons (Fsp3) is 0.250. The molecule has 0 bridgehead atoms. The molecule has 3 aromatic carbocycles. The highest BCUT2D eigenvalue weighted by Gasteiger charge is 2.42. The molecule has 1 unspecified atom stereocenters. The number of fused-ring (bicyclic) bond motifs is 1. The van der Waals surface area contributed by atoms with Crippen molar-refractivity contribution in [2.75, 3.05) is 11.9 Å². The minimum atomic E-state index is -4.55. The molecule has 1 fully saturated rings. The molecule has 196 valence electrons. The van der Waals surface area contributed by atoms with Gasteiger partial charge in [-0.15, -0.1) is 0 Å². The minimum Gasteiger partial charge on any atom is -0.356 e. The van der Waals surface area contributed by atoms with Gasteiger partial charge < -0.3 is 15.0 Å². The van der Waals surface area contributed by atoms with Crippen molar-refractivity contribution < 1.29 is 27.6 Å². The molecule has 0 radical (unpaired) electrons. The molecule has 10 heteroatoms. The molecule has 0 spiro atoms. The van der Waals surface area contributed by atoms with Gasteiger partial charge in [0.2, 0.25) is 0 Å². The summed E-state index contributed by atoms with van der Waals surface area (Å²) in [5, 5.41) is 13.9. The first-order valence-corrected chi connectivity index (χ1v) is 12.1. The normalized spacial score (nSPS) is 19.3. The maximum absolute atomic E-state index is 13.6. The molecule has 1 amide bonds. The highest BCUT2D eigenvalue weighted by molar-refractivity contribution is 6.09. The topological polar surface area (TPSA) is 84.7 Å². The average Bonchev–Trinajstić information content (AvgIpc) is 3.33. The van der Waals surface area contributed by atoms with Crippen molar-refractivity contribution in [2.45, 2.75) is 38.2 Å². The number of hydrogen-bond acceptors (Lipinski definition) is 5. The van der Waals surface area contributed by atoms with E-state index in [9.17, 15) is 28.1 Å². The van der Waals surface area contributed by atoms with Gasteiger partial charge in [-0.3, -0.25) is 14.9 Å². The maximum atomic E-state index is 13.6. The monoisotopic (exact) mass is 523 g/mol. The lowest BCUT2D eigenvalue weighted by molar-refractivity contribution is -0.384. The van der Waals surface area contributed by atoms with Crippen LogP contribution in [-0.2, 0) is 15.7 Å². The predicted octanol–water partition coefficient (Wildman–Crippen LogP) is 6.47. The predicted molar refractivity (Wildman–Crippen MR) is 135 cm³/mol. The SMILES string of the molecule is Cc1ccc(NC(=O)C2=C(c3ccc([N+](=O)[O-])cc3)N3C(CC2)OC[C@H]3c2ccccc2)cc1C(F)(F)F. The highest BCUT2D eigenvalue weighted by atomic mass is 19.4. The van der Waals surface area contributed by atoms with E-state index in [1.807, 2.05) is 35.2 Å². The Labute approximate surface area is 216 Å². The fourth-order valence-electron chi connectivity index (χ4n) is 5.06. The van der Waals surface area contributed by atoms with Crippen LogP contribution in [0.2, 0.25) is 0 Å². The van der Waals surface area contributed by atoms with Crippen LogP contribution in [0, 0.1) is 17.0 Å². The van der Waals surface area contributed by atoms with Gasteiger partial charge in [0.1, 0.15) is 6.23 Å². The van der Waals surface area contributed by atoms with Gasteiger partial charge >= 0.3 is 6.18 Å². The number of ether oxygens (including phenoxy) is 1. The number of amides is 1. The summed E-state index contributed by atoms with van der Waals surface area (Å²) in [7, 11) is 0. The Bertz CT molecular complexity index is 1410. The van der Waals surface area contributed by atoms with Crippen LogP contribution in [0.15, 0.2) is 78.4 Å². The number of rotatable bonds is 5. The first kappa shape index (κ1) is 25.5. The van der Waals surface area contributed by atoms with E-state index in [0.29, 0.717) is 36.3 Å². The number of nitro benzene ring substituents is 1. The lowest BCUT2D eigenvalue weighted by Crippen LogP contribution is -2.37. The number of alkyl halides is 3. The van der Waals surface area contributed by atoms with Crippen LogP contribution >= 0.6 is 0 Å². The molecule has 0 aromatic heterocycles. The molecule has 5 rings (SSSR count). The number of nitrogens with zero attached hydrogens (tertiary/aromatic N) is 2. The van der Waals surface area contributed by atoms with Gasteiger partial charge in [0.05, 0.1) is 28.8 Å². The Kier molecular flexibility index (Phi) is 6.66. The third kappa shape index (κ3) is 4.87. The Morgan fingerprint density at radius 3 is 2.45 bits per heavy atom. The first-order chi connectivity index (χ1) is 18.1. The zero-order valence-electron chi connectivity index (χ0n) is 20.4. The van der Waals surface area contributed by atoms with E-state index >= 15 is 0 Å². The van der Waals surface area contributed by atoms with Crippen molar-refractivity contribution in [3.8, 4) is 0 Å². The Hall–Kier alpha value is -4.18. The first-order valence-electron chi connectivity index (χ1n) is 12.1. The lowest BCUT2D eigenvalue weighted by Gasteiger charge is -2.38. The van der Waals surface area contributed by atoms with Crippen LogP contribution < -0.4 is 5.32 Å². The van der Waals surface area contributed by atoms with Crippen molar-refractivity contribution in [3.05, 3.63) is 111 Å². The summed E-state index contributed by atoms with van der Waals surface area (Å²) in [6.45, 7) is 1.75. The summed E-state index contributed by atoms with van der Waals surface area (Å²) in [5.41, 5.74) is 1.65. The van der Waals surface area contributed by atoms with E-state index in [0.717, 1.165) is 11.6 Å². The van der Waals surface area contributed by atoms with Crippen molar-refractivity contribution in [2.24, 2.45) is 0 Å². The van der Waals surface area contributed by atoms with E-state index in [-0.39, 0.29) is 29.2 Å². The van der Waals surface area contributed by atoms with Crippen LogP contribution in [0.1, 0.15) is 41.1 Å². The summed E-state index contributed by atoms with van der Waals surface area (Å²) in [6, 6.07) is 19.0. The Balaban J connectivity index is 1.58. The average molecular weight is 524 g/mol. The molecular weight excluding hydrogens is 499 g/mol. The third-order valence-electron chi connectivity index (χ3n) is 6.89. The van der Waals surface area contributed by atoms with Crippen LogP contribution in [-0.4, -0.2) is 28.6 Å². The second-order valence-corrected chi connectivity index (χ2v) is 9.27. The van der Waals surface area contributed by atoms with Crippen molar-refractivity contribution >= 4 is 23.0 Å². The van der Waals surface area contributed by atoms with Gasteiger partial charge in [0.25, 0.3) is 11.6 Å². The zero-order valence-corrected chi connectivity index (χ0v) is 20.4. The number of non-ortho nitro benzene ring substituents is 1. The van der Waals surface area contributed by atoms with Gasteiger partial charge in [-0.2, -0.15) is 13.2 Å². The third-order valence-corrected chi connectivity index (χ3v) is 6.89. The second kappa shape index (κ2) is 9.94. The Morgan fingerprint density at radius 2 is 1.79 bits per heavy atom. The number of hydrogen-bond donors (Lipinski definition) is 1. The summed E-state index contributed by atoms with van der Waals surface area (Å²) < 4.78 is 46.4. The van der Waals surface area contributed by atoms with Gasteiger partial charge in [0, 0.05) is 23.4 Å². The zero-order chi connectivity index (χ0) is 27.0. The molecule has 1 N–H and O–H groups in total. The van der Waals surface area contributed by atoms with Gasteiger partial charge in [-0.25, -0.2) is 0 Å². The number of halogens is 3. The van der Waals surface area contributed by atoms with Crippen LogP contribution in [0.25, 0.3) is 5.70 Å². The van der Waals surface area contributed by atoms with Crippen LogP contribution in [0.4, 0.5) is 24.5 Å². The largest absolute Gasteiger partial charge is 0.416 e. The molecule has 3 aromatic rings. The molecule has 0 aliphatic carbocycles. The number of carbonyl (C=O) groups excluding carboxylic acids is 1. The molecule has 38 heavy (non-hydrogen) atoms. The summed E-state index contributed by atoms with van der Waals surface area (Å²) >= 11 is 0. The number of anilines is 1. The fourth-order valence-corrected chi connectivity index (χ4v) is 5.06. The molecule has 2 atom stereocenters. The van der Waals surface area contributed by atoms with E-state index in [1.54, 1.807) is 12.1 Å². The quantitative estimate of drug-likeness (QED) is 0.306. The smallest absolute Gasteiger partial charge is 0.356 e. The van der Waals surface area contributed by atoms with E-state index in [2.05, 4.69) is 5.32 Å². The number of benzene rings is 3. The minimum absolute atomic E-state index is 0.0304. The maximum Gasteiger partial charge on any atom is 0.416 e. The van der Waals surface area contributed by atoms with Crippen molar-refractivity contribution in [3.63, 3.8) is 0 Å². The highest BCUT2D eigenvalue weighted by Crippen LogP contribution is 2.45. The van der Waals surface area contributed by atoms with Gasteiger partial charge in [0.15, 0.2) is 0 Å². The standard InChI is InChI=1S/C28H24F3N3O4/c1-17-7-10-20(15-23(17)28(29,30)31)32-27(35)22-13-14-25-33(24(16-38-25)18-5-3-2-4-6-18)26(22)19-8-11-21(12-9-19)34(36)37/h2-12,15,24-25H,13-14,16H2,1H3,(H,32,35)/t24-,25?/m0/s1. The molecule has 7 nitrogen and oxygen atoms in total. The summed E-state index contributed by atoms with van der Waals surface area (Å²) in [4.78, 5) is 26.3. The molecular formula is C28H24F3N3O4. The van der Waals surface area contributed by atoms with Gasteiger partial charge in [-0.05, 0) is 60.7 Å². The second-order valence-electron chi connectivity index (χ2n) is 9.27. The van der Waals surface area contributed by atoms with Crippen molar-refractivity contribution in [1.29, 1.82) is 0 Å². The van der Waals surface area contributed by atoms with E-state index < -0.39 is 22.6 Å². The summed E-state index contributed by atoms with van der Waals surface area (Å²) in [5.74, 6) is -0.535. The lowest BCUT2D eigenvalue weighted by atomic mass is 9.93. The van der Waals surface area contributed by atoms with Gasteiger partial charge in [-0.1, -0.05) is 36.4 Å². The number of carbonyl (C=O) groups is 1. The molecule has 0 saturated carbocycles. The van der Waals surface area contributed by atoms with Crippen LogP contribution in [0.5, 0.6) is 0 Å². The molecule has 2 heterocycles. The molecule has 1 saturated heterocycles. The number of nitro groups is 1. The van der Waals surface area contributed by atoms with Crippen molar-refractivity contribution in [1.82, 2.24) is 4.90 Å².